The van der Waals surface area contributed by atoms with Crippen molar-refractivity contribution in [3.05, 3.63) is 56.6 Å². The summed E-state index contributed by atoms with van der Waals surface area (Å²) in [6.45, 7) is 30.9. The summed E-state index contributed by atoms with van der Waals surface area (Å²) in [5.41, 5.74) is 9.00. The van der Waals surface area contributed by atoms with Crippen LogP contribution >= 0.6 is 0 Å². The van der Waals surface area contributed by atoms with Gasteiger partial charge in [0.05, 0.1) is 0 Å². The highest BCUT2D eigenvalue weighted by molar-refractivity contribution is 5.52. The van der Waals surface area contributed by atoms with Crippen LogP contribution in [0.25, 0.3) is 0 Å². The highest BCUT2D eigenvalue weighted by atomic mass is 16.3. The Morgan fingerprint density at radius 3 is 1.59 bits per heavy atom. The summed E-state index contributed by atoms with van der Waals surface area (Å²) in [6.07, 6.45) is 0. The van der Waals surface area contributed by atoms with Gasteiger partial charge in [0.15, 0.2) is 0 Å². The first-order valence-corrected chi connectivity index (χ1v) is 14.0. The number of piperazine rings is 1. The Balaban J connectivity index is 1.84. The number of aryl methyl sites for hydroxylation is 2. The third-order valence-electron chi connectivity index (χ3n) is 8.55. The molecule has 4 nitrogen and oxygen atoms in total. The van der Waals surface area contributed by atoms with Gasteiger partial charge in [0.1, 0.15) is 11.5 Å². The average Bonchev–Trinajstić information content (AvgIpc) is 2.78. The predicted octanol–water partition coefficient (Wildman–Crippen LogP) is 7.27. The third kappa shape index (κ3) is 6.17. The molecular weight excluding hydrogens is 456 g/mol. The van der Waals surface area contributed by atoms with Crippen molar-refractivity contribution < 1.29 is 10.2 Å². The van der Waals surface area contributed by atoms with Gasteiger partial charge in [-0.05, 0) is 89.0 Å². The zero-order valence-corrected chi connectivity index (χ0v) is 25.6. The van der Waals surface area contributed by atoms with Gasteiger partial charge >= 0.3 is 0 Å². The summed E-state index contributed by atoms with van der Waals surface area (Å²) in [5.74, 6) is 1.43. The van der Waals surface area contributed by atoms with E-state index < -0.39 is 0 Å². The molecule has 1 fully saturated rings. The van der Waals surface area contributed by atoms with Gasteiger partial charge in [-0.3, -0.25) is 9.80 Å². The maximum atomic E-state index is 11.0. The SMILES string of the molecule is Cc1cc(C(C)(C)C)c(O)c(C)c1CN1CCN(Cc2c(C)cc(C(C)(C)C)c(O)c2C)C(C(C)C)C1. The zero-order chi connectivity index (χ0) is 28.0. The minimum Gasteiger partial charge on any atom is -0.507 e. The first-order chi connectivity index (χ1) is 16.9. The fourth-order valence-corrected chi connectivity index (χ4v) is 5.96. The molecule has 0 radical (unpaired) electrons. The maximum absolute atomic E-state index is 11.0. The summed E-state index contributed by atoms with van der Waals surface area (Å²) in [6, 6.07) is 4.81. The van der Waals surface area contributed by atoms with E-state index >= 15 is 0 Å². The van der Waals surface area contributed by atoms with E-state index in [2.05, 4.69) is 105 Å². The Morgan fingerprint density at radius 2 is 1.19 bits per heavy atom. The fourth-order valence-electron chi connectivity index (χ4n) is 5.96. The lowest BCUT2D eigenvalue weighted by atomic mass is 9.82. The van der Waals surface area contributed by atoms with Crippen LogP contribution < -0.4 is 0 Å². The maximum Gasteiger partial charge on any atom is 0.122 e. The second kappa shape index (κ2) is 10.6. The van der Waals surface area contributed by atoms with E-state index in [-0.39, 0.29) is 10.8 Å². The average molecular weight is 509 g/mol. The van der Waals surface area contributed by atoms with E-state index in [0.717, 1.165) is 55.0 Å². The summed E-state index contributed by atoms with van der Waals surface area (Å²) in [4.78, 5) is 5.18. The van der Waals surface area contributed by atoms with Gasteiger partial charge in [0.25, 0.3) is 0 Å². The lowest BCUT2D eigenvalue weighted by molar-refractivity contribution is 0.0399. The highest BCUT2D eigenvalue weighted by Gasteiger charge is 2.32. The molecule has 1 atom stereocenters. The van der Waals surface area contributed by atoms with Gasteiger partial charge in [-0.2, -0.15) is 0 Å². The van der Waals surface area contributed by atoms with E-state index in [1.807, 2.05) is 0 Å². The molecule has 2 aromatic rings. The van der Waals surface area contributed by atoms with Gasteiger partial charge < -0.3 is 10.2 Å². The van der Waals surface area contributed by atoms with Crippen LogP contribution in [0, 0.1) is 33.6 Å². The topological polar surface area (TPSA) is 46.9 Å². The molecule has 1 aliphatic rings. The molecule has 0 aliphatic carbocycles. The van der Waals surface area contributed by atoms with Crippen molar-refractivity contribution in [1.29, 1.82) is 0 Å². The van der Waals surface area contributed by atoms with Gasteiger partial charge in [-0.1, -0.05) is 67.5 Å². The monoisotopic (exact) mass is 508 g/mol. The van der Waals surface area contributed by atoms with Crippen molar-refractivity contribution in [1.82, 2.24) is 9.80 Å². The first kappa shape index (κ1) is 29.5. The second-order valence-corrected chi connectivity index (χ2v) is 13.9. The number of rotatable bonds is 5. The van der Waals surface area contributed by atoms with Crippen LogP contribution in [-0.4, -0.2) is 45.7 Å². The first-order valence-electron chi connectivity index (χ1n) is 14.0. The molecule has 1 unspecified atom stereocenters. The summed E-state index contributed by atoms with van der Waals surface area (Å²) < 4.78 is 0. The minimum absolute atomic E-state index is 0.0811. The van der Waals surface area contributed by atoms with E-state index in [1.165, 1.54) is 22.3 Å². The molecule has 0 aromatic heterocycles. The van der Waals surface area contributed by atoms with E-state index in [0.29, 0.717) is 23.5 Å². The minimum atomic E-state index is -0.0833. The van der Waals surface area contributed by atoms with Crippen LogP contribution in [-0.2, 0) is 23.9 Å². The molecule has 206 valence electrons. The summed E-state index contributed by atoms with van der Waals surface area (Å²) in [7, 11) is 0. The molecule has 1 aliphatic heterocycles. The van der Waals surface area contributed by atoms with Crippen molar-refractivity contribution in [2.45, 2.75) is 113 Å². The van der Waals surface area contributed by atoms with Gasteiger partial charge in [-0.25, -0.2) is 0 Å². The second-order valence-electron chi connectivity index (χ2n) is 13.9. The highest BCUT2D eigenvalue weighted by Crippen LogP contribution is 2.39. The van der Waals surface area contributed by atoms with Crippen molar-refractivity contribution in [2.24, 2.45) is 5.92 Å². The van der Waals surface area contributed by atoms with E-state index in [9.17, 15) is 10.2 Å². The molecule has 0 spiro atoms. The molecule has 37 heavy (non-hydrogen) atoms. The third-order valence-corrected chi connectivity index (χ3v) is 8.55. The molecule has 1 heterocycles. The van der Waals surface area contributed by atoms with Crippen LogP contribution in [0.4, 0.5) is 0 Å². The molecule has 2 N–H and O–H groups in total. The van der Waals surface area contributed by atoms with Crippen LogP contribution in [0.2, 0.25) is 0 Å². The Labute approximate surface area is 226 Å². The van der Waals surface area contributed by atoms with Gasteiger partial charge in [-0.15, -0.1) is 0 Å². The molecular formula is C33H52N2O2. The molecule has 0 bridgehead atoms. The van der Waals surface area contributed by atoms with Crippen LogP contribution in [0.15, 0.2) is 12.1 Å². The van der Waals surface area contributed by atoms with Crippen molar-refractivity contribution in [3.63, 3.8) is 0 Å². The quantitative estimate of drug-likeness (QED) is 0.446. The summed E-state index contributed by atoms with van der Waals surface area (Å²) >= 11 is 0. The number of benzene rings is 2. The van der Waals surface area contributed by atoms with Crippen molar-refractivity contribution in [3.8, 4) is 11.5 Å². The molecule has 0 amide bonds. The largest absolute Gasteiger partial charge is 0.507 e. The van der Waals surface area contributed by atoms with Gasteiger partial charge in [0.2, 0.25) is 0 Å². The molecule has 4 heteroatoms. The van der Waals surface area contributed by atoms with Crippen molar-refractivity contribution >= 4 is 0 Å². The molecule has 3 rings (SSSR count). The summed E-state index contributed by atoms with van der Waals surface area (Å²) in [5, 5.41) is 22.1. The Morgan fingerprint density at radius 1 is 0.757 bits per heavy atom. The van der Waals surface area contributed by atoms with E-state index in [4.69, 9.17) is 0 Å². The number of hydrogen-bond donors (Lipinski definition) is 2. The standard InChI is InChI=1S/C33H52N2O2/c1-20(2)29-19-34(17-25-21(3)15-27(32(7,8)9)30(36)23(25)5)13-14-35(29)18-26-22(4)16-28(33(10,11)12)31(37)24(26)6/h15-16,20,29,36-37H,13-14,17-19H2,1-12H3. The normalized spacial score (nSPS) is 18.1. The number of nitrogens with zero attached hydrogens (tertiary/aromatic N) is 2. The number of phenolic OH excluding ortho intramolecular Hbond substituents is 2. The molecule has 2 aromatic carbocycles. The smallest absolute Gasteiger partial charge is 0.122 e. The number of aromatic hydroxyl groups is 2. The molecule has 0 saturated carbocycles. The van der Waals surface area contributed by atoms with E-state index in [1.54, 1.807) is 0 Å². The van der Waals surface area contributed by atoms with Crippen LogP contribution in [0.3, 0.4) is 0 Å². The lowest BCUT2D eigenvalue weighted by Gasteiger charge is -2.44. The fraction of sp³-hybridized carbons (Fsp3) is 0.636. The Bertz CT molecular complexity index is 1130. The lowest BCUT2D eigenvalue weighted by Crippen LogP contribution is -2.54. The van der Waals surface area contributed by atoms with Crippen molar-refractivity contribution in [2.75, 3.05) is 19.6 Å². The number of hydrogen-bond acceptors (Lipinski definition) is 4. The van der Waals surface area contributed by atoms with Gasteiger partial charge in [0, 0.05) is 38.8 Å². The Kier molecular flexibility index (Phi) is 8.47. The predicted molar refractivity (Wildman–Crippen MR) is 157 cm³/mol. The number of phenols is 2. The zero-order valence-electron chi connectivity index (χ0n) is 25.6. The Hall–Kier alpha value is -2.04. The molecule has 1 saturated heterocycles. The van der Waals surface area contributed by atoms with Crippen LogP contribution in [0.1, 0.15) is 99.9 Å². The van der Waals surface area contributed by atoms with Crippen LogP contribution in [0.5, 0.6) is 11.5 Å².